The molecule has 2 aromatic carbocycles. The monoisotopic (exact) mass is 397 g/mol. The van der Waals surface area contributed by atoms with Gasteiger partial charge in [-0.3, -0.25) is 9.59 Å². The van der Waals surface area contributed by atoms with E-state index in [-0.39, 0.29) is 23.6 Å². The Balaban J connectivity index is 1.71. The van der Waals surface area contributed by atoms with Gasteiger partial charge >= 0.3 is 0 Å². The maximum atomic E-state index is 13.7. The van der Waals surface area contributed by atoms with E-state index in [9.17, 15) is 18.4 Å². The number of aromatic nitrogens is 2. The van der Waals surface area contributed by atoms with Crippen LogP contribution in [0.2, 0.25) is 0 Å². The van der Waals surface area contributed by atoms with Crippen molar-refractivity contribution < 1.29 is 18.4 Å². The normalized spacial score (nSPS) is 10.6. The SMILES string of the molecule is NC(=O)c1nc(Cc2cccc(C(=O)NCc3ccc(F)cc3F)c2)cnc1N. The van der Waals surface area contributed by atoms with Crippen LogP contribution in [0.1, 0.15) is 37.7 Å². The number of nitrogens with zero attached hydrogens (tertiary/aromatic N) is 2. The number of nitrogen functional groups attached to an aromatic ring is 1. The molecule has 9 heteroatoms. The van der Waals surface area contributed by atoms with Crippen LogP contribution < -0.4 is 16.8 Å². The molecule has 1 aromatic heterocycles. The van der Waals surface area contributed by atoms with E-state index in [0.717, 1.165) is 17.7 Å². The van der Waals surface area contributed by atoms with Crippen LogP contribution in [0.25, 0.3) is 0 Å². The third-order valence-electron chi connectivity index (χ3n) is 4.11. The number of amides is 2. The van der Waals surface area contributed by atoms with Gasteiger partial charge in [0.05, 0.1) is 11.9 Å². The van der Waals surface area contributed by atoms with Crippen molar-refractivity contribution in [3.63, 3.8) is 0 Å². The van der Waals surface area contributed by atoms with Crippen LogP contribution in [0.3, 0.4) is 0 Å². The Bertz CT molecular complexity index is 1090. The molecule has 5 N–H and O–H groups in total. The first-order valence-corrected chi connectivity index (χ1v) is 8.55. The number of carbonyl (C=O) groups is 2. The Hall–Kier alpha value is -3.88. The van der Waals surface area contributed by atoms with E-state index in [0.29, 0.717) is 17.7 Å². The van der Waals surface area contributed by atoms with E-state index in [4.69, 9.17) is 11.5 Å². The molecule has 29 heavy (non-hydrogen) atoms. The zero-order valence-corrected chi connectivity index (χ0v) is 15.2. The van der Waals surface area contributed by atoms with Crippen molar-refractivity contribution in [1.82, 2.24) is 15.3 Å². The van der Waals surface area contributed by atoms with Crippen molar-refractivity contribution in [3.05, 3.63) is 88.4 Å². The summed E-state index contributed by atoms with van der Waals surface area (Å²) in [7, 11) is 0. The summed E-state index contributed by atoms with van der Waals surface area (Å²) in [6, 6.07) is 9.86. The van der Waals surface area contributed by atoms with Gasteiger partial charge in [-0.25, -0.2) is 18.7 Å². The highest BCUT2D eigenvalue weighted by atomic mass is 19.1. The number of halogens is 2. The smallest absolute Gasteiger partial charge is 0.271 e. The molecule has 0 aliphatic rings. The Labute approximate surface area is 164 Å². The van der Waals surface area contributed by atoms with Crippen molar-refractivity contribution in [3.8, 4) is 0 Å². The van der Waals surface area contributed by atoms with E-state index in [1.807, 2.05) is 0 Å². The Morgan fingerprint density at radius 3 is 2.62 bits per heavy atom. The second-order valence-electron chi connectivity index (χ2n) is 6.26. The van der Waals surface area contributed by atoms with Gasteiger partial charge in [0.2, 0.25) is 0 Å². The first-order chi connectivity index (χ1) is 13.8. The van der Waals surface area contributed by atoms with Gasteiger partial charge in [0.15, 0.2) is 11.5 Å². The molecule has 148 valence electrons. The van der Waals surface area contributed by atoms with Crippen LogP contribution in [0.4, 0.5) is 14.6 Å². The second-order valence-corrected chi connectivity index (χ2v) is 6.26. The number of primary amides is 1. The summed E-state index contributed by atoms with van der Waals surface area (Å²) < 4.78 is 26.6. The van der Waals surface area contributed by atoms with Crippen LogP contribution in [-0.2, 0) is 13.0 Å². The van der Waals surface area contributed by atoms with Crippen LogP contribution in [0.5, 0.6) is 0 Å². The van der Waals surface area contributed by atoms with Crippen molar-refractivity contribution in [2.75, 3.05) is 5.73 Å². The molecule has 0 aliphatic carbocycles. The van der Waals surface area contributed by atoms with Gasteiger partial charge in [0, 0.05) is 30.2 Å². The topological polar surface area (TPSA) is 124 Å². The van der Waals surface area contributed by atoms with Crippen LogP contribution in [-0.4, -0.2) is 21.8 Å². The van der Waals surface area contributed by atoms with Crippen molar-refractivity contribution in [1.29, 1.82) is 0 Å². The summed E-state index contributed by atoms with van der Waals surface area (Å²) in [5.74, 6) is -2.67. The fourth-order valence-corrected chi connectivity index (χ4v) is 2.68. The number of benzene rings is 2. The lowest BCUT2D eigenvalue weighted by atomic mass is 10.1. The molecule has 0 saturated heterocycles. The zero-order valence-electron chi connectivity index (χ0n) is 15.2. The number of rotatable bonds is 6. The molecule has 7 nitrogen and oxygen atoms in total. The minimum Gasteiger partial charge on any atom is -0.382 e. The lowest BCUT2D eigenvalue weighted by Crippen LogP contribution is -2.23. The lowest BCUT2D eigenvalue weighted by Gasteiger charge is -2.09. The summed E-state index contributed by atoms with van der Waals surface area (Å²) >= 11 is 0. The van der Waals surface area contributed by atoms with E-state index in [1.54, 1.807) is 24.3 Å². The fraction of sp³-hybridized carbons (Fsp3) is 0.100. The molecule has 0 spiro atoms. The van der Waals surface area contributed by atoms with Gasteiger partial charge in [-0.2, -0.15) is 0 Å². The number of nitrogens with two attached hydrogens (primary N) is 2. The standard InChI is InChI=1S/C20H17F2N5O2/c21-14-5-4-13(16(22)8-14)9-26-20(29)12-3-1-2-11(6-12)7-15-10-25-18(23)17(27-15)19(24)28/h1-6,8,10H,7,9H2,(H2,23,25)(H2,24,28)(H,26,29). The van der Waals surface area contributed by atoms with Gasteiger partial charge in [-0.1, -0.05) is 18.2 Å². The Morgan fingerprint density at radius 2 is 1.90 bits per heavy atom. The first-order valence-electron chi connectivity index (χ1n) is 8.55. The van der Waals surface area contributed by atoms with Crippen LogP contribution in [0.15, 0.2) is 48.7 Å². The fourth-order valence-electron chi connectivity index (χ4n) is 2.68. The van der Waals surface area contributed by atoms with Crippen molar-refractivity contribution in [2.24, 2.45) is 5.73 Å². The highest BCUT2D eigenvalue weighted by molar-refractivity contribution is 5.95. The summed E-state index contributed by atoms with van der Waals surface area (Å²) in [5, 5.41) is 2.59. The number of hydrogen-bond acceptors (Lipinski definition) is 5. The first kappa shape index (κ1) is 19.9. The molecule has 2 amide bonds. The largest absolute Gasteiger partial charge is 0.382 e. The molecule has 3 aromatic rings. The summed E-state index contributed by atoms with van der Waals surface area (Å²) in [6.45, 7) is -0.0828. The minimum absolute atomic E-state index is 0.0533. The average Bonchev–Trinajstić information content (AvgIpc) is 2.68. The molecule has 0 bridgehead atoms. The second kappa shape index (κ2) is 8.42. The number of anilines is 1. The van der Waals surface area contributed by atoms with Gasteiger partial charge in [0.1, 0.15) is 11.6 Å². The molecule has 0 atom stereocenters. The van der Waals surface area contributed by atoms with Crippen molar-refractivity contribution >= 4 is 17.6 Å². The van der Waals surface area contributed by atoms with Crippen molar-refractivity contribution in [2.45, 2.75) is 13.0 Å². The van der Waals surface area contributed by atoms with Gasteiger partial charge in [-0.15, -0.1) is 0 Å². The number of nitrogens with one attached hydrogen (secondary N) is 1. The molecule has 0 saturated carbocycles. The lowest BCUT2D eigenvalue weighted by molar-refractivity contribution is 0.0949. The number of hydrogen-bond donors (Lipinski definition) is 3. The van der Waals surface area contributed by atoms with E-state index >= 15 is 0 Å². The third-order valence-corrected chi connectivity index (χ3v) is 4.11. The highest BCUT2D eigenvalue weighted by Gasteiger charge is 2.12. The van der Waals surface area contributed by atoms with E-state index < -0.39 is 23.4 Å². The molecule has 1 heterocycles. The molecule has 0 unspecified atom stereocenters. The molecule has 0 aliphatic heterocycles. The van der Waals surface area contributed by atoms with E-state index in [1.165, 1.54) is 12.3 Å². The maximum Gasteiger partial charge on any atom is 0.271 e. The van der Waals surface area contributed by atoms with E-state index in [2.05, 4.69) is 15.3 Å². The predicted octanol–water partition coefficient (Wildman–Crippen LogP) is 1.96. The number of carbonyl (C=O) groups excluding carboxylic acids is 2. The van der Waals surface area contributed by atoms with Crippen LogP contribution in [0, 0.1) is 11.6 Å². The van der Waals surface area contributed by atoms with Gasteiger partial charge < -0.3 is 16.8 Å². The summed E-state index contributed by atoms with van der Waals surface area (Å²) in [6.07, 6.45) is 1.72. The van der Waals surface area contributed by atoms with Gasteiger partial charge in [-0.05, 0) is 23.8 Å². The minimum atomic E-state index is -0.780. The predicted molar refractivity (Wildman–Crippen MR) is 102 cm³/mol. The van der Waals surface area contributed by atoms with Crippen LogP contribution >= 0.6 is 0 Å². The Kier molecular flexibility index (Phi) is 5.77. The molecule has 0 fully saturated rings. The maximum absolute atomic E-state index is 13.7. The summed E-state index contributed by atoms with van der Waals surface area (Å²) in [5.41, 5.74) is 12.4. The van der Waals surface area contributed by atoms with Gasteiger partial charge in [0.25, 0.3) is 11.8 Å². The average molecular weight is 397 g/mol. The summed E-state index contributed by atoms with van der Waals surface area (Å²) in [4.78, 5) is 31.7. The molecule has 0 radical (unpaired) electrons. The Morgan fingerprint density at radius 1 is 1.10 bits per heavy atom. The third kappa shape index (κ3) is 4.89. The molecular formula is C20H17F2N5O2. The zero-order chi connectivity index (χ0) is 21.0. The molecular weight excluding hydrogens is 380 g/mol. The quantitative estimate of drug-likeness (QED) is 0.587. The molecule has 3 rings (SSSR count). The highest BCUT2D eigenvalue weighted by Crippen LogP contribution is 2.13.